The Morgan fingerprint density at radius 3 is 2.38 bits per heavy atom. The Morgan fingerprint density at radius 2 is 1.69 bits per heavy atom. The second-order valence-electron chi connectivity index (χ2n) is 6.82. The molecule has 2 aromatic heterocycles. The molecule has 0 unspecified atom stereocenters. The first-order valence-electron chi connectivity index (χ1n) is 9.11. The molecule has 2 N–H and O–H groups in total. The van der Waals surface area contributed by atoms with E-state index in [9.17, 15) is 0 Å². The molecule has 0 spiro atoms. The Kier molecular flexibility index (Phi) is 4.98. The summed E-state index contributed by atoms with van der Waals surface area (Å²) < 4.78 is 3.23. The SMILES string of the molecule is CCN1CCN(Cc2c(-c3ccc(Br)cc3)nc3ccc(N)cn23)CC1. The highest BCUT2D eigenvalue weighted by Crippen LogP contribution is 2.28. The van der Waals surface area contributed by atoms with Crippen LogP contribution in [0.15, 0.2) is 47.1 Å². The van der Waals surface area contributed by atoms with Crippen LogP contribution in [0.4, 0.5) is 5.69 Å². The smallest absolute Gasteiger partial charge is 0.137 e. The van der Waals surface area contributed by atoms with Crippen molar-refractivity contribution < 1.29 is 0 Å². The van der Waals surface area contributed by atoms with Crippen LogP contribution in [-0.4, -0.2) is 51.9 Å². The number of fused-ring (bicyclic) bond motifs is 1. The first kappa shape index (κ1) is 17.5. The maximum atomic E-state index is 6.05. The van der Waals surface area contributed by atoms with E-state index in [4.69, 9.17) is 10.7 Å². The van der Waals surface area contributed by atoms with Crippen molar-refractivity contribution in [2.45, 2.75) is 13.5 Å². The van der Waals surface area contributed by atoms with Crippen molar-refractivity contribution in [2.75, 3.05) is 38.5 Å². The molecule has 3 heterocycles. The lowest BCUT2D eigenvalue weighted by Crippen LogP contribution is -2.45. The van der Waals surface area contributed by atoms with Gasteiger partial charge in [0.2, 0.25) is 0 Å². The maximum Gasteiger partial charge on any atom is 0.137 e. The molecule has 0 aliphatic carbocycles. The summed E-state index contributed by atoms with van der Waals surface area (Å²) in [4.78, 5) is 9.92. The van der Waals surface area contributed by atoms with Gasteiger partial charge in [0.1, 0.15) is 5.65 Å². The molecule has 0 atom stereocenters. The molecule has 1 saturated heterocycles. The van der Waals surface area contributed by atoms with Gasteiger partial charge in [0.05, 0.1) is 11.4 Å². The van der Waals surface area contributed by atoms with E-state index >= 15 is 0 Å². The summed E-state index contributed by atoms with van der Waals surface area (Å²) in [7, 11) is 0. The largest absolute Gasteiger partial charge is 0.398 e. The molecule has 0 bridgehead atoms. The minimum Gasteiger partial charge on any atom is -0.398 e. The molecule has 1 aliphatic heterocycles. The third kappa shape index (κ3) is 3.49. The van der Waals surface area contributed by atoms with Crippen molar-refractivity contribution in [1.82, 2.24) is 19.2 Å². The lowest BCUT2D eigenvalue weighted by molar-refractivity contribution is 0.131. The number of aromatic nitrogens is 2. The van der Waals surface area contributed by atoms with Crippen LogP contribution in [0.5, 0.6) is 0 Å². The number of likely N-dealkylation sites (N-methyl/N-ethyl adjacent to an activating group) is 1. The van der Waals surface area contributed by atoms with Crippen LogP contribution < -0.4 is 5.73 Å². The van der Waals surface area contributed by atoms with Crippen LogP contribution in [0.2, 0.25) is 0 Å². The minimum absolute atomic E-state index is 0.759. The Balaban J connectivity index is 1.72. The van der Waals surface area contributed by atoms with Crippen LogP contribution in [-0.2, 0) is 6.54 Å². The molecular formula is C20H24BrN5. The third-order valence-electron chi connectivity index (χ3n) is 5.14. The molecule has 26 heavy (non-hydrogen) atoms. The second kappa shape index (κ2) is 7.39. The summed E-state index contributed by atoms with van der Waals surface area (Å²) in [5.74, 6) is 0. The van der Waals surface area contributed by atoms with E-state index in [1.807, 2.05) is 18.3 Å². The number of nitrogens with two attached hydrogens (primary N) is 1. The van der Waals surface area contributed by atoms with Gasteiger partial charge in [-0.25, -0.2) is 4.98 Å². The van der Waals surface area contributed by atoms with Crippen molar-refractivity contribution in [3.05, 3.63) is 52.8 Å². The molecule has 5 nitrogen and oxygen atoms in total. The lowest BCUT2D eigenvalue weighted by Gasteiger charge is -2.34. The van der Waals surface area contributed by atoms with Crippen LogP contribution >= 0.6 is 15.9 Å². The fourth-order valence-electron chi connectivity index (χ4n) is 3.58. The van der Waals surface area contributed by atoms with Crippen molar-refractivity contribution >= 4 is 27.3 Å². The number of nitrogen functional groups attached to an aromatic ring is 1. The fourth-order valence-corrected chi connectivity index (χ4v) is 3.84. The van der Waals surface area contributed by atoms with Gasteiger partial charge in [0, 0.05) is 54.6 Å². The molecule has 4 rings (SSSR count). The van der Waals surface area contributed by atoms with Gasteiger partial charge in [-0.3, -0.25) is 4.90 Å². The molecule has 3 aromatic rings. The number of benzene rings is 1. The quantitative estimate of drug-likeness (QED) is 0.710. The number of imidazole rings is 1. The molecule has 1 fully saturated rings. The fraction of sp³-hybridized carbons (Fsp3) is 0.350. The summed E-state index contributed by atoms with van der Waals surface area (Å²) in [5.41, 5.74) is 11.1. The second-order valence-corrected chi connectivity index (χ2v) is 7.73. The van der Waals surface area contributed by atoms with Crippen molar-refractivity contribution in [2.24, 2.45) is 0 Å². The standard InChI is InChI=1S/C20H24BrN5/c1-2-24-9-11-25(12-10-24)14-18-20(15-3-5-16(21)6-4-15)23-19-8-7-17(22)13-26(18)19/h3-8,13H,2,9-12,14,22H2,1H3. The number of nitrogens with zero attached hydrogens (tertiary/aromatic N) is 4. The summed E-state index contributed by atoms with van der Waals surface area (Å²) in [6, 6.07) is 12.3. The van der Waals surface area contributed by atoms with E-state index in [-0.39, 0.29) is 0 Å². The molecule has 1 aliphatic rings. The van der Waals surface area contributed by atoms with Gasteiger partial charge in [0.15, 0.2) is 0 Å². The normalized spacial score (nSPS) is 16.4. The molecule has 0 saturated carbocycles. The van der Waals surface area contributed by atoms with Gasteiger partial charge in [-0.2, -0.15) is 0 Å². The highest BCUT2D eigenvalue weighted by molar-refractivity contribution is 9.10. The first-order chi connectivity index (χ1) is 12.6. The third-order valence-corrected chi connectivity index (χ3v) is 5.67. The number of halogens is 1. The Bertz CT molecular complexity index is 894. The average molecular weight is 414 g/mol. The van der Waals surface area contributed by atoms with Crippen LogP contribution in [0, 0.1) is 0 Å². The van der Waals surface area contributed by atoms with Gasteiger partial charge >= 0.3 is 0 Å². The predicted molar refractivity (Wildman–Crippen MR) is 110 cm³/mol. The Morgan fingerprint density at radius 1 is 1.00 bits per heavy atom. The maximum absolute atomic E-state index is 6.05. The minimum atomic E-state index is 0.759. The van der Waals surface area contributed by atoms with E-state index < -0.39 is 0 Å². The van der Waals surface area contributed by atoms with E-state index in [1.54, 1.807) is 0 Å². The predicted octanol–water partition coefficient (Wildman–Crippen LogP) is 3.48. The lowest BCUT2D eigenvalue weighted by atomic mass is 10.1. The number of rotatable bonds is 4. The van der Waals surface area contributed by atoms with E-state index in [2.05, 4.69) is 61.3 Å². The molecule has 0 amide bonds. The summed E-state index contributed by atoms with van der Waals surface area (Å²) >= 11 is 3.52. The van der Waals surface area contributed by atoms with E-state index in [0.717, 1.165) is 66.3 Å². The summed E-state index contributed by atoms with van der Waals surface area (Å²) in [5, 5.41) is 0. The average Bonchev–Trinajstić information content (AvgIpc) is 3.01. The van der Waals surface area contributed by atoms with Crippen LogP contribution in [0.3, 0.4) is 0 Å². The van der Waals surface area contributed by atoms with Gasteiger partial charge in [-0.15, -0.1) is 0 Å². The van der Waals surface area contributed by atoms with Crippen LogP contribution in [0.25, 0.3) is 16.9 Å². The van der Waals surface area contributed by atoms with Gasteiger partial charge < -0.3 is 15.0 Å². The first-order valence-corrected chi connectivity index (χ1v) is 9.90. The molecule has 1 aromatic carbocycles. The summed E-state index contributed by atoms with van der Waals surface area (Å²) in [6.07, 6.45) is 1.99. The number of pyridine rings is 1. The van der Waals surface area contributed by atoms with Gasteiger partial charge in [-0.05, 0) is 30.8 Å². The topological polar surface area (TPSA) is 49.8 Å². The number of hydrogen-bond acceptors (Lipinski definition) is 4. The van der Waals surface area contributed by atoms with Crippen LogP contribution in [0.1, 0.15) is 12.6 Å². The molecular weight excluding hydrogens is 390 g/mol. The van der Waals surface area contributed by atoms with E-state index in [0.29, 0.717) is 0 Å². The highest BCUT2D eigenvalue weighted by Gasteiger charge is 2.20. The summed E-state index contributed by atoms with van der Waals surface area (Å²) in [6.45, 7) is 8.67. The van der Waals surface area contributed by atoms with Crippen molar-refractivity contribution in [1.29, 1.82) is 0 Å². The molecule has 136 valence electrons. The zero-order valence-corrected chi connectivity index (χ0v) is 16.6. The molecule has 0 radical (unpaired) electrons. The number of hydrogen-bond donors (Lipinski definition) is 1. The van der Waals surface area contributed by atoms with Crippen molar-refractivity contribution in [3.8, 4) is 11.3 Å². The van der Waals surface area contributed by atoms with E-state index in [1.165, 1.54) is 5.69 Å². The Hall–Kier alpha value is -1.89. The zero-order chi connectivity index (χ0) is 18.1. The van der Waals surface area contributed by atoms with Crippen molar-refractivity contribution in [3.63, 3.8) is 0 Å². The van der Waals surface area contributed by atoms with Gasteiger partial charge in [-0.1, -0.05) is 35.0 Å². The number of anilines is 1. The monoisotopic (exact) mass is 413 g/mol. The molecule has 6 heteroatoms. The van der Waals surface area contributed by atoms with Gasteiger partial charge in [0.25, 0.3) is 0 Å². The zero-order valence-electron chi connectivity index (χ0n) is 15.0. The Labute approximate surface area is 162 Å². The highest BCUT2D eigenvalue weighted by atomic mass is 79.9. The number of piperazine rings is 1.